The second-order valence-electron chi connectivity index (χ2n) is 8.78. The van der Waals surface area contributed by atoms with Gasteiger partial charge < -0.3 is 14.6 Å². The number of carbonyl (C=O) groups is 1. The van der Waals surface area contributed by atoms with Gasteiger partial charge in [-0.05, 0) is 36.6 Å². The lowest BCUT2D eigenvalue weighted by molar-refractivity contribution is -0.0610. The molecule has 0 radical (unpaired) electrons. The second kappa shape index (κ2) is 7.23. The number of amides is 1. The summed E-state index contributed by atoms with van der Waals surface area (Å²) in [5, 5.41) is 15.6. The molecule has 4 aromatic rings. The predicted octanol–water partition coefficient (Wildman–Crippen LogP) is 2.50. The molecule has 1 saturated heterocycles. The van der Waals surface area contributed by atoms with Gasteiger partial charge in [0.05, 0.1) is 19.4 Å². The van der Waals surface area contributed by atoms with Gasteiger partial charge in [0.25, 0.3) is 5.91 Å². The number of aryl methyl sites for hydroxylation is 1. The van der Waals surface area contributed by atoms with Crippen LogP contribution in [-0.4, -0.2) is 48.5 Å². The van der Waals surface area contributed by atoms with Crippen LogP contribution in [0.1, 0.15) is 46.3 Å². The van der Waals surface area contributed by atoms with Crippen molar-refractivity contribution in [2.45, 2.75) is 30.6 Å². The number of benzene rings is 1. The van der Waals surface area contributed by atoms with Gasteiger partial charge in [0.2, 0.25) is 0 Å². The summed E-state index contributed by atoms with van der Waals surface area (Å²) in [6, 6.07) is 11.7. The van der Waals surface area contributed by atoms with Gasteiger partial charge in [-0.2, -0.15) is 5.10 Å². The molecule has 3 aromatic heterocycles. The van der Waals surface area contributed by atoms with E-state index in [0.29, 0.717) is 30.5 Å². The van der Waals surface area contributed by atoms with Gasteiger partial charge in [0.1, 0.15) is 17.8 Å². The van der Waals surface area contributed by atoms with E-state index in [1.165, 1.54) is 0 Å². The normalized spacial score (nSPS) is 17.3. The fourth-order valence-electron chi connectivity index (χ4n) is 4.29. The molecule has 1 aliphatic carbocycles. The average Bonchev–Trinajstić information content (AvgIpc) is 3.38. The molecule has 2 aliphatic rings. The van der Waals surface area contributed by atoms with Crippen molar-refractivity contribution >= 4 is 17.2 Å². The zero-order valence-corrected chi connectivity index (χ0v) is 17.7. The molecule has 32 heavy (non-hydrogen) atoms. The lowest BCUT2D eigenvalue weighted by Gasteiger charge is -2.41. The Kier molecular flexibility index (Phi) is 4.32. The molecule has 0 bridgehead atoms. The van der Waals surface area contributed by atoms with Crippen LogP contribution in [0.4, 0.5) is 5.69 Å². The van der Waals surface area contributed by atoms with Gasteiger partial charge in [0, 0.05) is 42.2 Å². The number of hydrogen-bond donors (Lipinski definition) is 1. The Labute approximate surface area is 184 Å². The number of nitrogens with zero attached hydrogens (tertiary/aromatic N) is 6. The maximum Gasteiger partial charge on any atom is 0.274 e. The monoisotopic (exact) mass is 429 g/mol. The summed E-state index contributed by atoms with van der Waals surface area (Å²) in [6.45, 7) is 1.22. The first-order chi connectivity index (χ1) is 15.6. The molecule has 9 nitrogen and oxygen atoms in total. The minimum atomic E-state index is -0.202. The Morgan fingerprint density at radius 1 is 1.25 bits per heavy atom. The van der Waals surface area contributed by atoms with Crippen LogP contribution in [0.15, 0.2) is 48.9 Å². The molecule has 0 unspecified atom stereocenters. The molecule has 1 saturated carbocycles. The highest BCUT2D eigenvalue weighted by Gasteiger charge is 2.41. The second-order valence-corrected chi connectivity index (χ2v) is 8.78. The van der Waals surface area contributed by atoms with Gasteiger partial charge in [-0.15, -0.1) is 10.2 Å². The van der Waals surface area contributed by atoms with Gasteiger partial charge in [-0.3, -0.25) is 4.79 Å². The topological polar surface area (TPSA) is 99.2 Å². The van der Waals surface area contributed by atoms with E-state index in [2.05, 4.69) is 31.7 Å². The summed E-state index contributed by atoms with van der Waals surface area (Å²) in [5.74, 6) is 1.16. The number of fused-ring (bicyclic) bond motifs is 1. The molecule has 6 rings (SSSR count). The summed E-state index contributed by atoms with van der Waals surface area (Å²) < 4.78 is 9.12. The first-order valence-corrected chi connectivity index (χ1v) is 10.8. The molecule has 4 heterocycles. The highest BCUT2D eigenvalue weighted by atomic mass is 16.5. The van der Waals surface area contributed by atoms with Crippen molar-refractivity contribution in [2.24, 2.45) is 7.05 Å². The maximum atomic E-state index is 13.2. The Balaban J connectivity index is 1.29. The third-order valence-electron chi connectivity index (χ3n) is 6.40. The molecule has 1 aromatic carbocycles. The molecule has 162 valence electrons. The smallest absolute Gasteiger partial charge is 0.274 e. The SMILES string of the molecule is Cn1cnnc1CC1(c2cccc(NC(=O)c3cc(C4CC4)nc4ccnn34)c2)COC1. The lowest BCUT2D eigenvalue weighted by atomic mass is 9.75. The number of aromatic nitrogens is 6. The molecule has 9 heteroatoms. The van der Waals surface area contributed by atoms with Crippen LogP contribution in [0, 0.1) is 0 Å². The molecule has 0 atom stereocenters. The first kappa shape index (κ1) is 19.1. The minimum Gasteiger partial charge on any atom is -0.379 e. The number of hydrogen-bond acceptors (Lipinski definition) is 6. The van der Waals surface area contributed by atoms with E-state index in [0.717, 1.165) is 42.0 Å². The van der Waals surface area contributed by atoms with E-state index in [1.54, 1.807) is 17.0 Å². The van der Waals surface area contributed by atoms with E-state index in [1.807, 2.05) is 41.9 Å². The van der Waals surface area contributed by atoms with Gasteiger partial charge >= 0.3 is 0 Å². The summed E-state index contributed by atoms with van der Waals surface area (Å²) in [7, 11) is 1.94. The largest absolute Gasteiger partial charge is 0.379 e. The fourth-order valence-corrected chi connectivity index (χ4v) is 4.29. The van der Waals surface area contributed by atoms with E-state index in [9.17, 15) is 4.79 Å². The summed E-state index contributed by atoms with van der Waals surface area (Å²) in [4.78, 5) is 17.9. The van der Waals surface area contributed by atoms with Crippen LogP contribution in [0.5, 0.6) is 0 Å². The highest BCUT2D eigenvalue weighted by Crippen LogP contribution is 2.39. The van der Waals surface area contributed by atoms with Crippen molar-refractivity contribution in [1.82, 2.24) is 29.4 Å². The van der Waals surface area contributed by atoms with Crippen LogP contribution in [0.2, 0.25) is 0 Å². The van der Waals surface area contributed by atoms with Crippen LogP contribution >= 0.6 is 0 Å². The number of rotatable bonds is 6. The van der Waals surface area contributed by atoms with Gasteiger partial charge in [0.15, 0.2) is 5.65 Å². The van der Waals surface area contributed by atoms with Crippen LogP contribution in [-0.2, 0) is 23.6 Å². The van der Waals surface area contributed by atoms with Crippen molar-refractivity contribution in [3.8, 4) is 0 Å². The van der Waals surface area contributed by atoms with E-state index in [-0.39, 0.29) is 11.3 Å². The Morgan fingerprint density at radius 3 is 2.84 bits per heavy atom. The van der Waals surface area contributed by atoms with Crippen LogP contribution in [0.25, 0.3) is 5.65 Å². The third-order valence-corrected chi connectivity index (χ3v) is 6.40. The third kappa shape index (κ3) is 3.25. The van der Waals surface area contributed by atoms with Crippen molar-refractivity contribution in [3.63, 3.8) is 0 Å². The standard InChI is InChI=1S/C23H23N7O2/c1-29-14-24-28-21(29)11-23(12-32-13-23)16-3-2-4-17(9-16)26-22(31)19-10-18(15-5-6-15)27-20-7-8-25-30(19)20/h2-4,7-10,14-15H,5-6,11-13H2,1H3,(H,26,31). The van der Waals surface area contributed by atoms with E-state index >= 15 is 0 Å². The van der Waals surface area contributed by atoms with Gasteiger partial charge in [-0.1, -0.05) is 12.1 Å². The minimum absolute atomic E-state index is 0.174. The highest BCUT2D eigenvalue weighted by molar-refractivity contribution is 6.03. The number of nitrogens with one attached hydrogen (secondary N) is 1. The average molecular weight is 429 g/mol. The number of anilines is 1. The van der Waals surface area contributed by atoms with Gasteiger partial charge in [-0.25, -0.2) is 9.50 Å². The first-order valence-electron chi connectivity index (χ1n) is 10.8. The molecular formula is C23H23N7O2. The van der Waals surface area contributed by atoms with E-state index < -0.39 is 0 Å². The lowest BCUT2D eigenvalue weighted by Crippen LogP contribution is -2.49. The Hall–Kier alpha value is -3.59. The Morgan fingerprint density at radius 2 is 2.12 bits per heavy atom. The molecule has 1 amide bonds. The predicted molar refractivity (Wildman–Crippen MR) is 117 cm³/mol. The van der Waals surface area contributed by atoms with E-state index in [4.69, 9.17) is 4.74 Å². The number of ether oxygens (including phenoxy) is 1. The van der Waals surface area contributed by atoms with Crippen LogP contribution in [0.3, 0.4) is 0 Å². The maximum absolute atomic E-state index is 13.2. The van der Waals surface area contributed by atoms with Crippen molar-refractivity contribution < 1.29 is 9.53 Å². The molecule has 0 spiro atoms. The molecule has 1 aliphatic heterocycles. The number of carbonyl (C=O) groups excluding carboxylic acids is 1. The molecule has 1 N–H and O–H groups in total. The summed E-state index contributed by atoms with van der Waals surface area (Å²) >= 11 is 0. The van der Waals surface area contributed by atoms with Crippen molar-refractivity contribution in [1.29, 1.82) is 0 Å². The van der Waals surface area contributed by atoms with Crippen molar-refractivity contribution in [3.05, 3.63) is 71.7 Å². The summed E-state index contributed by atoms with van der Waals surface area (Å²) in [6.07, 6.45) is 6.35. The van der Waals surface area contributed by atoms with Crippen molar-refractivity contribution in [2.75, 3.05) is 18.5 Å². The Bertz CT molecular complexity index is 1320. The molecule has 2 fully saturated rings. The molecular weight excluding hydrogens is 406 g/mol. The zero-order valence-electron chi connectivity index (χ0n) is 17.7. The van der Waals surface area contributed by atoms with Crippen LogP contribution < -0.4 is 5.32 Å². The quantitative estimate of drug-likeness (QED) is 0.506. The zero-order chi connectivity index (χ0) is 21.7. The fraction of sp³-hybridized carbons (Fsp3) is 0.348. The summed E-state index contributed by atoms with van der Waals surface area (Å²) in [5.41, 5.74) is 3.83.